The number of rotatable bonds is 10. The highest BCUT2D eigenvalue weighted by atomic mass is 32.2. The summed E-state index contributed by atoms with van der Waals surface area (Å²) in [7, 11) is -7.32. The maximum absolute atomic E-state index is 12.9. The van der Waals surface area contributed by atoms with Crippen LogP contribution in [-0.2, 0) is 33.1 Å². The van der Waals surface area contributed by atoms with Gasteiger partial charge in [0, 0.05) is 29.4 Å². The van der Waals surface area contributed by atoms with Gasteiger partial charge >= 0.3 is 0 Å². The van der Waals surface area contributed by atoms with Crippen LogP contribution in [0.5, 0.6) is 0 Å². The van der Waals surface area contributed by atoms with Crippen LogP contribution < -0.4 is 4.72 Å². The molecular formula is C16H18N2O4S5. The second kappa shape index (κ2) is 8.95. The van der Waals surface area contributed by atoms with Crippen molar-refractivity contribution in [3.8, 4) is 0 Å². The van der Waals surface area contributed by atoms with Crippen LogP contribution in [0.15, 0.2) is 56.7 Å². The Morgan fingerprint density at radius 1 is 0.815 bits per heavy atom. The van der Waals surface area contributed by atoms with E-state index in [2.05, 4.69) is 4.72 Å². The van der Waals surface area contributed by atoms with Gasteiger partial charge in [-0.05, 0) is 34.3 Å². The van der Waals surface area contributed by atoms with Crippen LogP contribution >= 0.6 is 34.0 Å². The normalized spacial score (nSPS) is 12.6. The first-order chi connectivity index (χ1) is 12.9. The number of hydrogen-bond donors (Lipinski definition) is 1. The summed E-state index contributed by atoms with van der Waals surface area (Å²) in [6.45, 7) is 0.374. The van der Waals surface area contributed by atoms with E-state index in [1.54, 1.807) is 11.4 Å². The third kappa shape index (κ3) is 5.70. The SMILES string of the molecule is O=S(=O)(NCCS(=O)(=O)N(Cc1cccs1)Cc1cccs1)c1cccs1. The third-order valence-electron chi connectivity index (χ3n) is 3.63. The molecule has 6 nitrogen and oxygen atoms in total. The van der Waals surface area contributed by atoms with Gasteiger partial charge in [0.1, 0.15) is 4.21 Å². The first-order valence-corrected chi connectivity index (χ1v) is 13.7. The van der Waals surface area contributed by atoms with Crippen molar-refractivity contribution in [1.29, 1.82) is 0 Å². The van der Waals surface area contributed by atoms with E-state index in [0.29, 0.717) is 0 Å². The molecule has 146 valence electrons. The summed E-state index contributed by atoms with van der Waals surface area (Å²) in [6.07, 6.45) is 0. The Morgan fingerprint density at radius 2 is 1.37 bits per heavy atom. The van der Waals surface area contributed by atoms with Crippen LogP contribution in [0.25, 0.3) is 0 Å². The predicted octanol–water partition coefficient (Wildman–Crippen LogP) is 3.18. The van der Waals surface area contributed by atoms with Crippen molar-refractivity contribution in [3.05, 3.63) is 62.3 Å². The zero-order valence-corrected chi connectivity index (χ0v) is 18.2. The van der Waals surface area contributed by atoms with Gasteiger partial charge in [-0.2, -0.15) is 4.31 Å². The number of nitrogens with zero attached hydrogens (tertiary/aromatic N) is 1. The molecule has 3 aromatic rings. The highest BCUT2D eigenvalue weighted by molar-refractivity contribution is 7.91. The van der Waals surface area contributed by atoms with Gasteiger partial charge in [0.15, 0.2) is 0 Å². The van der Waals surface area contributed by atoms with Crippen molar-refractivity contribution < 1.29 is 16.8 Å². The fraction of sp³-hybridized carbons (Fsp3) is 0.250. The molecule has 1 N–H and O–H groups in total. The Labute approximate surface area is 171 Å². The molecule has 0 aliphatic rings. The molecular weight excluding hydrogens is 445 g/mol. The average Bonchev–Trinajstić information content (AvgIpc) is 3.37. The maximum Gasteiger partial charge on any atom is 0.250 e. The largest absolute Gasteiger partial charge is 0.250 e. The molecule has 0 radical (unpaired) electrons. The van der Waals surface area contributed by atoms with Crippen LogP contribution in [0.1, 0.15) is 9.75 Å². The molecule has 0 saturated heterocycles. The molecule has 0 aliphatic heterocycles. The van der Waals surface area contributed by atoms with Crippen LogP contribution in [0.3, 0.4) is 0 Å². The lowest BCUT2D eigenvalue weighted by Gasteiger charge is -2.21. The van der Waals surface area contributed by atoms with E-state index >= 15 is 0 Å². The van der Waals surface area contributed by atoms with Gasteiger partial charge in [-0.3, -0.25) is 0 Å². The number of sulfonamides is 2. The lowest BCUT2D eigenvalue weighted by molar-refractivity contribution is 0.407. The number of thiophene rings is 3. The van der Waals surface area contributed by atoms with Gasteiger partial charge in [-0.15, -0.1) is 34.0 Å². The topological polar surface area (TPSA) is 83.5 Å². The molecule has 0 atom stereocenters. The Morgan fingerprint density at radius 3 is 1.85 bits per heavy atom. The summed E-state index contributed by atoms with van der Waals surface area (Å²) in [6, 6.07) is 10.7. The van der Waals surface area contributed by atoms with E-state index < -0.39 is 20.0 Å². The Hall–Kier alpha value is -1.08. The highest BCUT2D eigenvalue weighted by Gasteiger charge is 2.24. The molecule has 3 rings (SSSR count). The van der Waals surface area contributed by atoms with E-state index in [-0.39, 0.29) is 29.6 Å². The zero-order chi connectivity index (χ0) is 19.3. The molecule has 0 bridgehead atoms. The van der Waals surface area contributed by atoms with Gasteiger partial charge < -0.3 is 0 Å². The summed E-state index contributed by atoms with van der Waals surface area (Å²) >= 11 is 4.08. The second-order valence-electron chi connectivity index (χ2n) is 5.57. The van der Waals surface area contributed by atoms with Crippen LogP contribution in [0, 0.1) is 0 Å². The van der Waals surface area contributed by atoms with Crippen molar-refractivity contribution in [2.75, 3.05) is 12.3 Å². The molecule has 0 amide bonds. The van der Waals surface area contributed by atoms with Crippen molar-refractivity contribution in [1.82, 2.24) is 9.03 Å². The fourth-order valence-electron chi connectivity index (χ4n) is 2.33. The van der Waals surface area contributed by atoms with E-state index in [1.807, 2.05) is 35.0 Å². The monoisotopic (exact) mass is 462 g/mol. The Kier molecular flexibility index (Phi) is 6.84. The minimum atomic E-state index is -3.68. The van der Waals surface area contributed by atoms with Gasteiger partial charge in [0.05, 0.1) is 5.75 Å². The average molecular weight is 463 g/mol. The summed E-state index contributed by atoms with van der Waals surface area (Å²) < 4.78 is 54.0. The zero-order valence-electron chi connectivity index (χ0n) is 14.1. The molecule has 0 saturated carbocycles. The Bertz CT molecular complexity index is 988. The lowest BCUT2D eigenvalue weighted by atomic mass is 10.4. The van der Waals surface area contributed by atoms with Crippen LogP contribution in [0.4, 0.5) is 0 Å². The van der Waals surface area contributed by atoms with E-state index in [1.165, 1.54) is 33.0 Å². The molecule has 3 aromatic heterocycles. The number of nitrogens with one attached hydrogen (secondary N) is 1. The number of hydrogen-bond acceptors (Lipinski definition) is 7. The van der Waals surface area contributed by atoms with Crippen molar-refractivity contribution in [3.63, 3.8) is 0 Å². The smallest absolute Gasteiger partial charge is 0.212 e. The Balaban J connectivity index is 1.68. The highest BCUT2D eigenvalue weighted by Crippen LogP contribution is 2.20. The van der Waals surface area contributed by atoms with Gasteiger partial charge in [-0.25, -0.2) is 21.6 Å². The summed E-state index contributed by atoms with van der Waals surface area (Å²) in [5.41, 5.74) is 0. The van der Waals surface area contributed by atoms with Crippen molar-refractivity contribution >= 4 is 54.1 Å². The van der Waals surface area contributed by atoms with Gasteiger partial charge in [-0.1, -0.05) is 18.2 Å². The summed E-state index contributed by atoms with van der Waals surface area (Å²) in [4.78, 5) is 1.88. The van der Waals surface area contributed by atoms with Crippen LogP contribution in [0.2, 0.25) is 0 Å². The third-order valence-corrected chi connectivity index (χ3v) is 9.98. The quantitative estimate of drug-likeness (QED) is 0.502. The standard InChI is InChI=1S/C16H18N2O4S5/c19-26(20,11-7-17-27(21,22)16-6-3-10-25-16)18(12-14-4-1-8-23-14)13-15-5-2-9-24-15/h1-6,8-10,17H,7,11-13H2. The molecule has 0 aromatic carbocycles. The molecule has 27 heavy (non-hydrogen) atoms. The van der Waals surface area contributed by atoms with E-state index in [4.69, 9.17) is 0 Å². The van der Waals surface area contributed by atoms with E-state index in [9.17, 15) is 16.8 Å². The predicted molar refractivity (Wildman–Crippen MR) is 111 cm³/mol. The fourth-order valence-corrected chi connectivity index (χ4v) is 7.42. The second-order valence-corrected chi connectivity index (χ2v) is 12.7. The van der Waals surface area contributed by atoms with Gasteiger partial charge in [0.25, 0.3) is 0 Å². The van der Waals surface area contributed by atoms with E-state index in [0.717, 1.165) is 21.1 Å². The molecule has 0 aliphatic carbocycles. The minimum absolute atomic E-state index is 0.173. The molecule has 11 heteroatoms. The molecule has 0 fully saturated rings. The molecule has 0 unspecified atom stereocenters. The van der Waals surface area contributed by atoms with Crippen molar-refractivity contribution in [2.45, 2.75) is 17.3 Å². The molecule has 3 heterocycles. The summed E-state index contributed by atoms with van der Waals surface area (Å²) in [5.74, 6) is -0.297. The lowest BCUT2D eigenvalue weighted by Crippen LogP contribution is -2.36. The maximum atomic E-state index is 12.9. The summed E-state index contributed by atoms with van der Waals surface area (Å²) in [5, 5.41) is 5.47. The minimum Gasteiger partial charge on any atom is -0.212 e. The van der Waals surface area contributed by atoms with Crippen LogP contribution in [-0.4, -0.2) is 33.4 Å². The molecule has 0 spiro atoms. The first-order valence-electron chi connectivity index (χ1n) is 7.92. The van der Waals surface area contributed by atoms with Gasteiger partial charge in [0.2, 0.25) is 20.0 Å². The van der Waals surface area contributed by atoms with Crippen molar-refractivity contribution in [2.24, 2.45) is 0 Å². The first kappa shape index (κ1) is 20.6.